The molecule has 1 N–H and O–H groups in total. The summed E-state index contributed by atoms with van der Waals surface area (Å²) in [7, 11) is -3.21. The molecule has 0 saturated heterocycles. The summed E-state index contributed by atoms with van der Waals surface area (Å²) in [5, 5.41) is 3.21. The predicted octanol–water partition coefficient (Wildman–Crippen LogP) is 4.00. The highest BCUT2D eigenvalue weighted by atomic mass is 32.2. The topological polar surface area (TPSA) is 84.8 Å². The molecular weight excluding hydrogens is 360 g/mol. The summed E-state index contributed by atoms with van der Waals surface area (Å²) in [6.07, 6.45) is 3.37. The summed E-state index contributed by atoms with van der Waals surface area (Å²) >= 11 is 0. The predicted molar refractivity (Wildman–Crippen MR) is 107 cm³/mol. The number of benzene rings is 1. The summed E-state index contributed by atoms with van der Waals surface area (Å²) in [6, 6.07) is 14.7. The number of hydrogen-bond acceptors (Lipinski definition) is 6. The van der Waals surface area contributed by atoms with Gasteiger partial charge in [0.15, 0.2) is 15.7 Å². The Labute approximate surface area is 159 Å². The number of sulfone groups is 1. The van der Waals surface area contributed by atoms with Gasteiger partial charge in [-0.15, -0.1) is 0 Å². The summed E-state index contributed by atoms with van der Waals surface area (Å²) in [5.41, 5.74) is 2.27. The summed E-state index contributed by atoms with van der Waals surface area (Å²) in [5.74, 6) is 1.20. The lowest BCUT2D eigenvalue weighted by molar-refractivity contribution is 0.559. The monoisotopic (exact) mass is 382 g/mol. The van der Waals surface area contributed by atoms with Crippen LogP contribution in [0.3, 0.4) is 0 Å². The highest BCUT2D eigenvalue weighted by molar-refractivity contribution is 7.91. The van der Waals surface area contributed by atoms with Gasteiger partial charge in [0.1, 0.15) is 11.5 Å². The van der Waals surface area contributed by atoms with Gasteiger partial charge >= 0.3 is 0 Å². The van der Waals surface area contributed by atoms with Crippen molar-refractivity contribution in [2.45, 2.75) is 31.3 Å². The molecule has 0 fully saturated rings. The van der Waals surface area contributed by atoms with Crippen molar-refractivity contribution < 1.29 is 8.42 Å². The third kappa shape index (κ3) is 4.68. The van der Waals surface area contributed by atoms with Crippen molar-refractivity contribution in [2.75, 3.05) is 5.32 Å². The third-order valence-electron chi connectivity index (χ3n) is 4.07. The average molecular weight is 382 g/mol. The second-order valence-corrected chi connectivity index (χ2v) is 9.92. The maximum absolute atomic E-state index is 12.3. The second kappa shape index (κ2) is 7.44. The number of anilines is 2. The van der Waals surface area contributed by atoms with Gasteiger partial charge < -0.3 is 5.32 Å². The Morgan fingerprint density at radius 2 is 1.67 bits per heavy atom. The molecule has 2 aromatic heterocycles. The highest BCUT2D eigenvalue weighted by Crippen LogP contribution is 2.22. The van der Waals surface area contributed by atoms with Gasteiger partial charge in [-0.05, 0) is 56.7 Å². The van der Waals surface area contributed by atoms with Crippen LogP contribution in [0.4, 0.5) is 11.5 Å². The van der Waals surface area contributed by atoms with Crippen LogP contribution in [0.15, 0.2) is 60.9 Å². The summed E-state index contributed by atoms with van der Waals surface area (Å²) in [6.45, 7) is 5.14. The lowest BCUT2D eigenvalue weighted by atomic mass is 10.2. The first-order valence-corrected chi connectivity index (χ1v) is 10.2. The molecule has 6 nitrogen and oxygen atoms in total. The lowest BCUT2D eigenvalue weighted by Gasteiger charge is -2.19. The standard InChI is InChI=1S/C20H22N4O2S/c1-20(2,3)27(25,26)14-15-7-9-16(10-8-15)23-18-11-13-22-19(24-18)17-6-4-5-12-21-17/h4-13H,14H2,1-3H3,(H,22,23,24). The minimum absolute atomic E-state index is 0.0219. The fourth-order valence-electron chi connectivity index (χ4n) is 2.31. The SMILES string of the molecule is CC(C)(C)S(=O)(=O)Cc1ccc(Nc2ccnc(-c3ccccn3)n2)cc1. The number of aromatic nitrogens is 3. The van der Waals surface area contributed by atoms with Crippen molar-refractivity contribution in [1.29, 1.82) is 0 Å². The molecule has 1 aromatic carbocycles. The Morgan fingerprint density at radius 1 is 0.926 bits per heavy atom. The largest absolute Gasteiger partial charge is 0.340 e. The van der Waals surface area contributed by atoms with E-state index in [4.69, 9.17) is 0 Å². The van der Waals surface area contributed by atoms with Crippen LogP contribution in [0.5, 0.6) is 0 Å². The molecule has 0 aliphatic carbocycles. The van der Waals surface area contributed by atoms with Crippen LogP contribution < -0.4 is 5.32 Å². The molecule has 3 rings (SSSR count). The molecule has 7 heteroatoms. The molecule has 0 radical (unpaired) electrons. The van der Waals surface area contributed by atoms with Crippen LogP contribution in [-0.4, -0.2) is 28.1 Å². The molecular formula is C20H22N4O2S. The minimum atomic E-state index is -3.21. The molecule has 0 aliphatic rings. The van der Waals surface area contributed by atoms with Crippen molar-refractivity contribution in [2.24, 2.45) is 0 Å². The second-order valence-electron chi connectivity index (χ2n) is 7.17. The number of pyridine rings is 1. The molecule has 140 valence electrons. The van der Waals surface area contributed by atoms with Gasteiger partial charge in [0.2, 0.25) is 0 Å². The Bertz CT molecular complexity index is 1010. The molecule has 0 amide bonds. The van der Waals surface area contributed by atoms with Gasteiger partial charge in [-0.1, -0.05) is 18.2 Å². The van der Waals surface area contributed by atoms with E-state index in [9.17, 15) is 8.42 Å². The quantitative estimate of drug-likeness (QED) is 0.718. The van der Waals surface area contributed by atoms with Gasteiger partial charge in [-0.3, -0.25) is 4.98 Å². The number of hydrogen-bond donors (Lipinski definition) is 1. The van der Waals surface area contributed by atoms with E-state index < -0.39 is 14.6 Å². The third-order valence-corrected chi connectivity index (χ3v) is 6.65. The van der Waals surface area contributed by atoms with Gasteiger partial charge in [0, 0.05) is 18.1 Å². The Balaban J connectivity index is 1.74. The van der Waals surface area contributed by atoms with Crippen LogP contribution >= 0.6 is 0 Å². The number of nitrogens with zero attached hydrogens (tertiary/aromatic N) is 3. The van der Waals surface area contributed by atoms with E-state index >= 15 is 0 Å². The average Bonchev–Trinajstić information content (AvgIpc) is 2.63. The zero-order valence-corrected chi connectivity index (χ0v) is 16.4. The zero-order chi connectivity index (χ0) is 19.5. The maximum atomic E-state index is 12.3. The first-order valence-electron chi connectivity index (χ1n) is 8.57. The van der Waals surface area contributed by atoms with Gasteiger partial charge in [0.25, 0.3) is 0 Å². The van der Waals surface area contributed by atoms with Gasteiger partial charge in [-0.25, -0.2) is 18.4 Å². The summed E-state index contributed by atoms with van der Waals surface area (Å²) in [4.78, 5) is 13.0. The van der Waals surface area contributed by atoms with E-state index in [2.05, 4.69) is 20.3 Å². The fourth-order valence-corrected chi connectivity index (χ4v) is 3.38. The minimum Gasteiger partial charge on any atom is -0.340 e. The van der Waals surface area contributed by atoms with E-state index in [1.807, 2.05) is 42.5 Å². The van der Waals surface area contributed by atoms with E-state index in [0.29, 0.717) is 17.3 Å². The van der Waals surface area contributed by atoms with Crippen molar-refractivity contribution in [3.05, 3.63) is 66.5 Å². The van der Waals surface area contributed by atoms with Crippen LogP contribution in [0.25, 0.3) is 11.5 Å². The van der Waals surface area contributed by atoms with Crippen molar-refractivity contribution in [3.63, 3.8) is 0 Å². The fraction of sp³-hybridized carbons (Fsp3) is 0.250. The van der Waals surface area contributed by atoms with Gasteiger partial charge in [-0.2, -0.15) is 0 Å². The van der Waals surface area contributed by atoms with Crippen LogP contribution in [0.1, 0.15) is 26.3 Å². The molecule has 2 heterocycles. The lowest BCUT2D eigenvalue weighted by Crippen LogP contribution is -2.29. The van der Waals surface area contributed by atoms with Crippen LogP contribution in [0, 0.1) is 0 Å². The van der Waals surface area contributed by atoms with Crippen LogP contribution in [-0.2, 0) is 15.6 Å². The maximum Gasteiger partial charge on any atom is 0.180 e. The number of rotatable bonds is 5. The first kappa shape index (κ1) is 19.0. The van der Waals surface area contributed by atoms with E-state index in [1.165, 1.54) is 0 Å². The molecule has 0 aliphatic heterocycles. The molecule has 3 aromatic rings. The molecule has 0 saturated carbocycles. The highest BCUT2D eigenvalue weighted by Gasteiger charge is 2.28. The van der Waals surface area contributed by atoms with E-state index in [0.717, 1.165) is 11.3 Å². The molecule has 0 bridgehead atoms. The molecule has 27 heavy (non-hydrogen) atoms. The molecule has 0 atom stereocenters. The van der Waals surface area contributed by atoms with Gasteiger partial charge in [0.05, 0.1) is 10.5 Å². The normalized spacial score (nSPS) is 12.0. The zero-order valence-electron chi connectivity index (χ0n) is 15.5. The molecule has 0 spiro atoms. The van der Waals surface area contributed by atoms with Crippen molar-refractivity contribution >= 4 is 21.3 Å². The van der Waals surface area contributed by atoms with Crippen molar-refractivity contribution in [1.82, 2.24) is 15.0 Å². The van der Waals surface area contributed by atoms with Crippen LogP contribution in [0.2, 0.25) is 0 Å². The molecule has 0 unspecified atom stereocenters. The van der Waals surface area contributed by atoms with E-state index in [-0.39, 0.29) is 5.75 Å². The summed E-state index contributed by atoms with van der Waals surface area (Å²) < 4.78 is 23.9. The van der Waals surface area contributed by atoms with E-state index in [1.54, 1.807) is 39.2 Å². The first-order chi connectivity index (χ1) is 12.7. The Kier molecular flexibility index (Phi) is 5.23. The van der Waals surface area contributed by atoms with Crippen molar-refractivity contribution in [3.8, 4) is 11.5 Å². The number of nitrogens with one attached hydrogen (secondary N) is 1. The Hall–Kier alpha value is -2.80. The smallest absolute Gasteiger partial charge is 0.180 e. The Morgan fingerprint density at radius 3 is 2.30 bits per heavy atom.